The van der Waals surface area contributed by atoms with E-state index in [0.29, 0.717) is 5.03 Å². The average molecular weight is 201 g/mol. The monoisotopic (exact) mass is 200 g/mol. The molecule has 0 spiro atoms. The summed E-state index contributed by atoms with van der Waals surface area (Å²) in [5.74, 6) is 0. The molecule has 0 aromatic carbocycles. The Bertz CT molecular complexity index is 227. The second kappa shape index (κ2) is 3.46. The molecule has 0 aliphatic carbocycles. The number of H-pyrrole nitrogens is 1. The minimum atomic E-state index is -0.555. The largest absolute Gasteiger partial charge is 0.265 e. The predicted molar refractivity (Wildman–Crippen MR) is 40.4 cm³/mol. The topological polar surface area (TPSA) is 28.7 Å². The number of nitrogens with one attached hydrogen (secondary N) is 1. The van der Waals surface area contributed by atoms with Gasteiger partial charge >= 0.3 is 0 Å². The van der Waals surface area contributed by atoms with E-state index in [1.165, 1.54) is 0 Å². The summed E-state index contributed by atoms with van der Waals surface area (Å²) in [6.07, 6.45) is 0. The normalized spacial score (nSPS) is 10.3. The van der Waals surface area contributed by atoms with Crippen molar-refractivity contribution < 1.29 is 4.39 Å². The third-order valence-electron chi connectivity index (χ3n) is 0.827. The molecule has 0 radical (unpaired) electrons. The van der Waals surface area contributed by atoms with Gasteiger partial charge in [-0.15, -0.1) is 0 Å². The molecular weight excluding hydrogens is 198 g/mol. The van der Waals surface area contributed by atoms with E-state index in [1.807, 2.05) is 0 Å². The van der Waals surface area contributed by atoms with Gasteiger partial charge in [-0.3, -0.25) is 5.10 Å². The number of hydrogen-bond donors (Lipinski definition) is 1. The van der Waals surface area contributed by atoms with Crippen LogP contribution in [-0.2, 0) is 0 Å². The van der Waals surface area contributed by atoms with Gasteiger partial charge in [0.2, 0.25) is 0 Å². The van der Waals surface area contributed by atoms with Crippen molar-refractivity contribution in [2.45, 2.75) is 5.03 Å². The van der Waals surface area contributed by atoms with Crippen molar-refractivity contribution >= 4 is 35.0 Å². The Kier molecular flexibility index (Phi) is 2.82. The van der Waals surface area contributed by atoms with Crippen molar-refractivity contribution in [3.8, 4) is 0 Å². The molecule has 1 rings (SSSR count). The molecule has 56 valence electrons. The summed E-state index contributed by atoms with van der Waals surface area (Å²) in [6.45, 7) is 0. The van der Waals surface area contributed by atoms with Crippen LogP contribution < -0.4 is 0 Å². The zero-order chi connectivity index (χ0) is 7.56. The Labute approximate surface area is 71.1 Å². The number of rotatable bonds is 2. The van der Waals surface area contributed by atoms with E-state index in [1.54, 1.807) is 0 Å². The Morgan fingerprint density at radius 3 is 2.70 bits per heavy atom. The highest BCUT2D eigenvalue weighted by Crippen LogP contribution is 2.30. The maximum absolute atomic E-state index is 11.7. The minimum absolute atomic E-state index is 0.248. The van der Waals surface area contributed by atoms with E-state index >= 15 is 0 Å². The van der Waals surface area contributed by atoms with Crippen molar-refractivity contribution in [2.24, 2.45) is 0 Å². The summed E-state index contributed by atoms with van der Waals surface area (Å²) < 4.78 is 11.7. The highest BCUT2D eigenvalue weighted by atomic mass is 35.5. The van der Waals surface area contributed by atoms with E-state index in [9.17, 15) is 4.39 Å². The zero-order valence-corrected chi connectivity index (χ0v) is 7.02. The van der Waals surface area contributed by atoms with Gasteiger partial charge in [-0.05, 0) is 0 Å². The standard InChI is InChI=1S/C4H3Cl2FN2S/c5-2-3(6)8-9-4(2)10-1-7/h1H2,(H,8,9). The van der Waals surface area contributed by atoms with E-state index in [0.717, 1.165) is 11.8 Å². The van der Waals surface area contributed by atoms with Gasteiger partial charge in [-0.2, -0.15) is 5.10 Å². The van der Waals surface area contributed by atoms with Crippen molar-refractivity contribution in [2.75, 3.05) is 6.01 Å². The second-order valence-electron chi connectivity index (χ2n) is 1.41. The van der Waals surface area contributed by atoms with E-state index in [-0.39, 0.29) is 10.2 Å². The van der Waals surface area contributed by atoms with Gasteiger partial charge in [0.1, 0.15) is 21.2 Å². The van der Waals surface area contributed by atoms with Gasteiger partial charge in [-0.1, -0.05) is 35.0 Å². The molecule has 1 aromatic heterocycles. The first-order valence-corrected chi connectivity index (χ1v) is 4.08. The molecule has 0 amide bonds. The SMILES string of the molecule is FCSc1n[nH]c(Cl)c1Cl. The maximum atomic E-state index is 11.7. The molecule has 10 heavy (non-hydrogen) atoms. The van der Waals surface area contributed by atoms with Crippen LogP contribution in [0.4, 0.5) is 4.39 Å². The van der Waals surface area contributed by atoms with E-state index < -0.39 is 6.01 Å². The third kappa shape index (κ3) is 1.56. The van der Waals surface area contributed by atoms with Crippen LogP contribution in [0, 0.1) is 0 Å². The van der Waals surface area contributed by atoms with Crippen molar-refractivity contribution in [1.29, 1.82) is 0 Å². The first-order valence-electron chi connectivity index (χ1n) is 2.34. The lowest BCUT2D eigenvalue weighted by atomic mass is 10.7. The molecule has 6 heteroatoms. The van der Waals surface area contributed by atoms with Gasteiger partial charge in [0.15, 0.2) is 0 Å². The van der Waals surface area contributed by atoms with Gasteiger partial charge in [0, 0.05) is 0 Å². The van der Waals surface area contributed by atoms with Crippen LogP contribution in [0.1, 0.15) is 0 Å². The molecule has 0 atom stereocenters. The number of aromatic amines is 1. The van der Waals surface area contributed by atoms with Crippen LogP contribution >= 0.6 is 35.0 Å². The number of halogens is 3. The summed E-state index contributed by atoms with van der Waals surface area (Å²) in [5.41, 5.74) is 0. The smallest absolute Gasteiger partial charge is 0.144 e. The van der Waals surface area contributed by atoms with Crippen LogP contribution in [0.5, 0.6) is 0 Å². The fourth-order valence-electron chi connectivity index (χ4n) is 0.439. The fourth-order valence-corrected chi connectivity index (χ4v) is 1.32. The van der Waals surface area contributed by atoms with Gasteiger partial charge < -0.3 is 0 Å². The molecule has 0 unspecified atom stereocenters. The van der Waals surface area contributed by atoms with Gasteiger partial charge in [0.05, 0.1) is 0 Å². The minimum Gasteiger partial charge on any atom is -0.265 e. The summed E-state index contributed by atoms with van der Waals surface area (Å²) >= 11 is 12.0. The van der Waals surface area contributed by atoms with Crippen molar-refractivity contribution in [3.63, 3.8) is 0 Å². The van der Waals surface area contributed by atoms with E-state index in [4.69, 9.17) is 23.2 Å². The second-order valence-corrected chi connectivity index (χ2v) is 3.06. The van der Waals surface area contributed by atoms with E-state index in [2.05, 4.69) is 10.2 Å². The highest BCUT2D eigenvalue weighted by Gasteiger charge is 2.08. The molecule has 2 nitrogen and oxygen atoms in total. The predicted octanol–water partition coefficient (Wildman–Crippen LogP) is 2.74. The van der Waals surface area contributed by atoms with Crippen LogP contribution in [0.3, 0.4) is 0 Å². The number of aromatic nitrogens is 2. The highest BCUT2D eigenvalue weighted by molar-refractivity contribution is 7.99. The van der Waals surface area contributed by atoms with Gasteiger partial charge in [-0.25, -0.2) is 4.39 Å². The number of nitrogens with zero attached hydrogens (tertiary/aromatic N) is 1. The number of hydrogen-bond acceptors (Lipinski definition) is 2. The quantitative estimate of drug-likeness (QED) is 0.745. The summed E-state index contributed by atoms with van der Waals surface area (Å²) in [7, 11) is 0. The summed E-state index contributed by atoms with van der Waals surface area (Å²) in [6, 6.07) is -0.555. The molecular formula is C4H3Cl2FN2S. The lowest BCUT2D eigenvalue weighted by Crippen LogP contribution is -1.71. The summed E-state index contributed by atoms with van der Waals surface area (Å²) in [5, 5.41) is 6.98. The first kappa shape index (κ1) is 8.17. The Morgan fingerprint density at radius 1 is 1.60 bits per heavy atom. The van der Waals surface area contributed by atoms with Crippen molar-refractivity contribution in [1.82, 2.24) is 10.2 Å². The molecule has 0 aliphatic heterocycles. The zero-order valence-electron chi connectivity index (χ0n) is 4.70. The Morgan fingerprint density at radius 2 is 2.30 bits per heavy atom. The Hall–Kier alpha value is 0.0700. The van der Waals surface area contributed by atoms with Crippen molar-refractivity contribution in [3.05, 3.63) is 10.2 Å². The number of thioether (sulfide) groups is 1. The van der Waals surface area contributed by atoms with Crippen LogP contribution in [0.25, 0.3) is 0 Å². The van der Waals surface area contributed by atoms with Crippen LogP contribution in [0.15, 0.2) is 5.03 Å². The third-order valence-corrected chi connectivity index (χ3v) is 2.36. The molecule has 0 bridgehead atoms. The molecule has 1 N–H and O–H groups in total. The summed E-state index contributed by atoms with van der Waals surface area (Å²) in [4.78, 5) is 0. The Balaban J connectivity index is 2.83. The molecule has 0 saturated heterocycles. The first-order chi connectivity index (χ1) is 4.75. The maximum Gasteiger partial charge on any atom is 0.144 e. The van der Waals surface area contributed by atoms with Crippen LogP contribution in [0.2, 0.25) is 10.2 Å². The fraction of sp³-hybridized carbons (Fsp3) is 0.250. The van der Waals surface area contributed by atoms with Gasteiger partial charge in [0.25, 0.3) is 0 Å². The molecule has 1 aromatic rings. The number of alkyl halides is 1. The lowest BCUT2D eigenvalue weighted by molar-refractivity contribution is 0.605. The molecule has 0 fully saturated rings. The molecule has 0 saturated carbocycles. The molecule has 0 aliphatic rings. The lowest BCUT2D eigenvalue weighted by Gasteiger charge is -1.87. The van der Waals surface area contributed by atoms with Crippen LogP contribution in [-0.4, -0.2) is 16.2 Å². The average Bonchev–Trinajstić information content (AvgIpc) is 2.20. The molecule has 1 heterocycles.